The van der Waals surface area contributed by atoms with Crippen LogP contribution in [0.3, 0.4) is 0 Å². The lowest BCUT2D eigenvalue weighted by Crippen LogP contribution is -2.26. The number of nitrogens with zero attached hydrogens (tertiary/aromatic N) is 3. The number of allylic oxidation sites excluding steroid dienone is 1. The van der Waals surface area contributed by atoms with Gasteiger partial charge < -0.3 is 19.9 Å². The summed E-state index contributed by atoms with van der Waals surface area (Å²) in [5, 5.41) is 15.4. The van der Waals surface area contributed by atoms with Gasteiger partial charge in [0.05, 0.1) is 28.6 Å². The van der Waals surface area contributed by atoms with Gasteiger partial charge in [0.25, 0.3) is 5.91 Å². The van der Waals surface area contributed by atoms with Crippen molar-refractivity contribution in [1.29, 1.82) is 0 Å². The molecule has 1 aromatic heterocycles. The Morgan fingerprint density at radius 1 is 1.18 bits per heavy atom. The maximum Gasteiger partial charge on any atom is 0.251 e. The van der Waals surface area contributed by atoms with Gasteiger partial charge in [-0.3, -0.25) is 9.59 Å². The summed E-state index contributed by atoms with van der Waals surface area (Å²) >= 11 is 13.1. The van der Waals surface area contributed by atoms with E-state index in [1.54, 1.807) is 37.5 Å². The van der Waals surface area contributed by atoms with E-state index in [1.807, 2.05) is 16.7 Å². The summed E-state index contributed by atoms with van der Waals surface area (Å²) in [6.45, 7) is 4.59. The predicted octanol–water partition coefficient (Wildman–Crippen LogP) is 4.48. The van der Waals surface area contributed by atoms with Gasteiger partial charge in [0.15, 0.2) is 5.16 Å². The zero-order valence-electron chi connectivity index (χ0n) is 18.4. The number of nitrogens with one attached hydrogen (secondary N) is 2. The molecule has 0 radical (unpaired) electrons. The largest absolute Gasteiger partial charge is 0.495 e. The van der Waals surface area contributed by atoms with Crippen LogP contribution in [0.1, 0.15) is 16.2 Å². The summed E-state index contributed by atoms with van der Waals surface area (Å²) < 4.78 is 7.12. The summed E-state index contributed by atoms with van der Waals surface area (Å²) in [6, 6.07) is 11.9. The molecule has 2 N–H and O–H groups in total. The van der Waals surface area contributed by atoms with Crippen LogP contribution in [0.4, 0.5) is 5.69 Å². The third kappa shape index (κ3) is 6.75. The third-order valence-electron chi connectivity index (χ3n) is 4.63. The molecule has 34 heavy (non-hydrogen) atoms. The molecule has 0 aliphatic carbocycles. The van der Waals surface area contributed by atoms with Crippen LogP contribution in [0.25, 0.3) is 0 Å². The maximum atomic E-state index is 12.4. The number of ether oxygens (including phenoxy) is 1. The highest BCUT2D eigenvalue weighted by Gasteiger charge is 2.15. The molecule has 3 rings (SSSR count). The predicted molar refractivity (Wildman–Crippen MR) is 135 cm³/mol. The van der Waals surface area contributed by atoms with Crippen LogP contribution in [0.5, 0.6) is 5.75 Å². The summed E-state index contributed by atoms with van der Waals surface area (Å²) in [5.41, 5.74) is 1.01. The van der Waals surface area contributed by atoms with Gasteiger partial charge in [-0.05, 0) is 30.3 Å². The normalized spacial score (nSPS) is 10.6. The van der Waals surface area contributed by atoms with Crippen molar-refractivity contribution in [2.45, 2.75) is 18.1 Å². The topological polar surface area (TPSA) is 98.1 Å². The van der Waals surface area contributed by atoms with Crippen molar-refractivity contribution >= 4 is 52.5 Å². The van der Waals surface area contributed by atoms with E-state index in [-0.39, 0.29) is 17.6 Å². The van der Waals surface area contributed by atoms with Crippen molar-refractivity contribution < 1.29 is 14.3 Å². The van der Waals surface area contributed by atoms with Gasteiger partial charge in [-0.25, -0.2) is 0 Å². The van der Waals surface area contributed by atoms with Crippen molar-refractivity contribution in [3.05, 3.63) is 76.6 Å². The minimum absolute atomic E-state index is 0.140. The number of thioether (sulfide) groups is 1. The number of rotatable bonds is 11. The average Bonchev–Trinajstić information content (AvgIpc) is 3.21. The number of aromatic nitrogens is 3. The highest BCUT2D eigenvalue weighted by molar-refractivity contribution is 7.99. The Labute approximate surface area is 211 Å². The lowest BCUT2D eigenvalue weighted by Gasteiger charge is -2.10. The number of amides is 2. The summed E-state index contributed by atoms with van der Waals surface area (Å²) in [4.78, 5) is 24.8. The third-order valence-corrected chi connectivity index (χ3v) is 6.34. The second-order valence-corrected chi connectivity index (χ2v) is 8.73. The molecule has 0 saturated carbocycles. The van der Waals surface area contributed by atoms with Crippen molar-refractivity contribution in [3.8, 4) is 5.75 Å². The van der Waals surface area contributed by atoms with Crippen molar-refractivity contribution in [3.63, 3.8) is 0 Å². The van der Waals surface area contributed by atoms with Gasteiger partial charge in [0.2, 0.25) is 5.91 Å². The average molecular weight is 520 g/mol. The molecule has 0 atom stereocenters. The quantitative estimate of drug-likeness (QED) is 0.286. The fourth-order valence-corrected chi connectivity index (χ4v) is 4.08. The number of anilines is 1. The van der Waals surface area contributed by atoms with Crippen LogP contribution in [-0.2, 0) is 17.8 Å². The van der Waals surface area contributed by atoms with Crippen LogP contribution >= 0.6 is 35.0 Å². The summed E-state index contributed by atoms with van der Waals surface area (Å²) in [6.07, 6.45) is 2.17. The van der Waals surface area contributed by atoms with E-state index in [2.05, 4.69) is 27.4 Å². The molecule has 11 heteroatoms. The minimum atomic E-state index is -0.268. The Balaban J connectivity index is 1.57. The molecule has 2 aromatic carbocycles. The molecule has 178 valence electrons. The first kappa shape index (κ1) is 25.6. The Bertz CT molecular complexity index is 1190. The van der Waals surface area contributed by atoms with Gasteiger partial charge in [0, 0.05) is 25.1 Å². The van der Waals surface area contributed by atoms with E-state index in [1.165, 1.54) is 17.8 Å². The van der Waals surface area contributed by atoms with Gasteiger partial charge in [-0.15, -0.1) is 16.8 Å². The van der Waals surface area contributed by atoms with E-state index < -0.39 is 0 Å². The van der Waals surface area contributed by atoms with E-state index in [4.69, 9.17) is 27.9 Å². The number of methoxy groups -OCH3 is 1. The van der Waals surface area contributed by atoms with E-state index in [0.717, 1.165) is 0 Å². The number of para-hydroxylation sites is 2. The lowest BCUT2D eigenvalue weighted by molar-refractivity contribution is -0.113. The van der Waals surface area contributed by atoms with Crippen molar-refractivity contribution in [2.24, 2.45) is 0 Å². The molecule has 0 bridgehead atoms. The van der Waals surface area contributed by atoms with Gasteiger partial charge in [-0.1, -0.05) is 53.2 Å². The Hall–Kier alpha value is -3.01. The van der Waals surface area contributed by atoms with Gasteiger partial charge in [0.1, 0.15) is 11.6 Å². The van der Waals surface area contributed by atoms with Crippen LogP contribution in [0, 0.1) is 0 Å². The Kier molecular flexibility index (Phi) is 9.38. The number of hydrogen-bond acceptors (Lipinski definition) is 6. The molecular weight excluding hydrogens is 497 g/mol. The molecule has 2 amide bonds. The zero-order valence-corrected chi connectivity index (χ0v) is 20.7. The molecule has 1 heterocycles. The molecule has 3 aromatic rings. The molecule has 0 unspecified atom stereocenters. The van der Waals surface area contributed by atoms with Crippen molar-refractivity contribution in [1.82, 2.24) is 20.1 Å². The van der Waals surface area contributed by atoms with E-state index in [0.29, 0.717) is 57.5 Å². The Morgan fingerprint density at radius 2 is 1.97 bits per heavy atom. The standard InChI is InChI=1S/C23H23Cl2N5O3S/c1-3-12-30-20(10-11-26-22(32)15-8-9-16(24)17(25)13-15)28-29-23(30)34-14-21(31)27-18-6-4-5-7-19(18)33-2/h3-9,13H,1,10-12,14H2,2H3,(H,26,32)(H,27,31). The molecule has 0 aliphatic heterocycles. The molecule has 0 saturated heterocycles. The van der Waals surface area contributed by atoms with Gasteiger partial charge >= 0.3 is 0 Å². The molecule has 0 spiro atoms. The number of benzene rings is 2. The fraction of sp³-hybridized carbons (Fsp3) is 0.217. The summed E-state index contributed by atoms with van der Waals surface area (Å²) in [5.74, 6) is 0.929. The van der Waals surface area contributed by atoms with E-state index in [9.17, 15) is 9.59 Å². The lowest BCUT2D eigenvalue weighted by atomic mass is 10.2. The van der Waals surface area contributed by atoms with Crippen LogP contribution in [0.2, 0.25) is 10.0 Å². The second-order valence-electron chi connectivity index (χ2n) is 6.97. The first-order valence-corrected chi connectivity index (χ1v) is 12.0. The van der Waals surface area contributed by atoms with Crippen LogP contribution in [0.15, 0.2) is 60.3 Å². The second kappa shape index (κ2) is 12.5. The first-order valence-electron chi connectivity index (χ1n) is 10.2. The van der Waals surface area contributed by atoms with Crippen LogP contribution < -0.4 is 15.4 Å². The SMILES string of the molecule is C=CCn1c(CCNC(=O)c2ccc(Cl)c(Cl)c2)nnc1SCC(=O)Nc1ccccc1OC. The Morgan fingerprint density at radius 3 is 2.71 bits per heavy atom. The smallest absolute Gasteiger partial charge is 0.251 e. The van der Waals surface area contributed by atoms with Crippen molar-refractivity contribution in [2.75, 3.05) is 24.7 Å². The monoisotopic (exact) mass is 519 g/mol. The first-order chi connectivity index (χ1) is 16.4. The molecule has 0 fully saturated rings. The summed E-state index contributed by atoms with van der Waals surface area (Å²) in [7, 11) is 1.55. The highest BCUT2D eigenvalue weighted by atomic mass is 35.5. The minimum Gasteiger partial charge on any atom is -0.495 e. The number of carbonyl (C=O) groups excluding carboxylic acids is 2. The van der Waals surface area contributed by atoms with E-state index >= 15 is 0 Å². The maximum absolute atomic E-state index is 12.4. The zero-order chi connectivity index (χ0) is 24.5. The number of carbonyl (C=O) groups is 2. The van der Waals surface area contributed by atoms with Crippen LogP contribution in [-0.4, -0.2) is 46.0 Å². The molecule has 0 aliphatic rings. The number of hydrogen-bond donors (Lipinski definition) is 2. The van der Waals surface area contributed by atoms with Gasteiger partial charge in [-0.2, -0.15) is 0 Å². The molecule has 8 nitrogen and oxygen atoms in total. The fourth-order valence-electron chi connectivity index (χ4n) is 3.01. The molecular formula is C23H23Cl2N5O3S. The number of halogens is 2. The highest BCUT2D eigenvalue weighted by Crippen LogP contribution is 2.24.